The fourth-order valence-electron chi connectivity index (χ4n) is 1.35. The Balaban J connectivity index is 2.10. The molecule has 0 spiro atoms. The molecule has 1 saturated carbocycles. The first-order chi connectivity index (χ1) is 6.08. The summed E-state index contributed by atoms with van der Waals surface area (Å²) >= 11 is 0. The maximum atomic E-state index is 11.6. The highest BCUT2D eigenvalue weighted by atomic mass is 19.4. The monoisotopic (exact) mass is 195 g/mol. The van der Waals surface area contributed by atoms with Gasteiger partial charge in [-0.05, 0) is 18.8 Å². The van der Waals surface area contributed by atoms with E-state index in [-0.39, 0.29) is 0 Å². The lowest BCUT2D eigenvalue weighted by Gasteiger charge is -2.04. The first-order valence-corrected chi connectivity index (χ1v) is 4.30. The van der Waals surface area contributed by atoms with Crippen LogP contribution in [-0.2, 0) is 4.84 Å². The predicted octanol–water partition coefficient (Wildman–Crippen LogP) is 2.74. The molecule has 5 heteroatoms. The Morgan fingerprint density at radius 2 is 1.92 bits per heavy atom. The fraction of sp³-hybridized carbons (Fsp3) is 0.875. The highest BCUT2D eigenvalue weighted by Crippen LogP contribution is 2.22. The van der Waals surface area contributed by atoms with Crippen molar-refractivity contribution in [2.75, 3.05) is 6.61 Å². The summed E-state index contributed by atoms with van der Waals surface area (Å²) in [4.78, 5) is 4.10. The Morgan fingerprint density at radius 1 is 1.31 bits per heavy atom. The van der Waals surface area contributed by atoms with E-state index in [1.165, 1.54) is 6.21 Å². The Morgan fingerprint density at radius 3 is 2.46 bits per heavy atom. The molecular weight excluding hydrogens is 183 g/mol. The molecule has 0 radical (unpaired) electrons. The Kier molecular flexibility index (Phi) is 3.57. The van der Waals surface area contributed by atoms with E-state index in [2.05, 4.69) is 9.99 Å². The molecule has 1 fully saturated rings. The zero-order valence-electron chi connectivity index (χ0n) is 7.18. The molecule has 0 N–H and O–H groups in total. The Bertz CT molecular complexity index is 173. The molecule has 2 nitrogen and oxygen atoms in total. The fourth-order valence-corrected chi connectivity index (χ4v) is 1.35. The number of hydrogen-bond acceptors (Lipinski definition) is 2. The summed E-state index contributed by atoms with van der Waals surface area (Å²) in [5, 5.41) is 3.29. The quantitative estimate of drug-likeness (QED) is 0.501. The van der Waals surface area contributed by atoms with E-state index in [0.29, 0.717) is 5.92 Å². The molecule has 0 unspecified atom stereocenters. The van der Waals surface area contributed by atoms with E-state index in [1.807, 2.05) is 0 Å². The van der Waals surface area contributed by atoms with Crippen molar-refractivity contribution in [2.45, 2.75) is 31.9 Å². The first-order valence-electron chi connectivity index (χ1n) is 4.30. The molecular formula is C8H12F3NO. The summed E-state index contributed by atoms with van der Waals surface area (Å²) < 4.78 is 34.7. The molecule has 1 aliphatic carbocycles. The largest absolute Gasteiger partial charge is 0.425 e. The van der Waals surface area contributed by atoms with Gasteiger partial charge in [0, 0.05) is 6.21 Å². The number of hydrogen-bond donors (Lipinski definition) is 0. The lowest BCUT2D eigenvalue weighted by atomic mass is 10.1. The number of halogens is 3. The average molecular weight is 195 g/mol. The van der Waals surface area contributed by atoms with Crippen LogP contribution in [0.4, 0.5) is 13.2 Å². The zero-order chi connectivity index (χ0) is 9.73. The van der Waals surface area contributed by atoms with E-state index < -0.39 is 12.8 Å². The number of oxime groups is 1. The predicted molar refractivity (Wildman–Crippen MR) is 42.5 cm³/mol. The minimum absolute atomic E-state index is 0.313. The van der Waals surface area contributed by atoms with Crippen LogP contribution in [0.15, 0.2) is 5.16 Å². The Hall–Kier alpha value is -0.740. The van der Waals surface area contributed by atoms with Crippen molar-refractivity contribution in [3.63, 3.8) is 0 Å². The summed E-state index contributed by atoms with van der Waals surface area (Å²) in [6.07, 6.45) is 1.50. The maximum Gasteiger partial charge on any atom is 0.425 e. The first kappa shape index (κ1) is 10.3. The molecule has 13 heavy (non-hydrogen) atoms. The molecule has 0 bridgehead atoms. The van der Waals surface area contributed by atoms with Crippen molar-refractivity contribution >= 4 is 6.21 Å². The molecule has 0 aromatic heterocycles. The van der Waals surface area contributed by atoms with E-state index >= 15 is 0 Å². The average Bonchev–Trinajstić information content (AvgIpc) is 2.48. The topological polar surface area (TPSA) is 21.6 Å². The van der Waals surface area contributed by atoms with Crippen LogP contribution in [0, 0.1) is 5.92 Å². The van der Waals surface area contributed by atoms with Crippen LogP contribution >= 0.6 is 0 Å². The van der Waals surface area contributed by atoms with Crippen molar-refractivity contribution in [1.82, 2.24) is 0 Å². The standard InChI is InChI=1S/C8H12F3NO/c9-8(10,11)6-13-12-5-7-3-1-2-4-7/h5,7H,1-4,6H2. The van der Waals surface area contributed by atoms with Gasteiger partial charge in [-0.1, -0.05) is 18.0 Å². The molecule has 1 rings (SSSR count). The van der Waals surface area contributed by atoms with Gasteiger partial charge in [-0.15, -0.1) is 0 Å². The summed E-state index contributed by atoms with van der Waals surface area (Å²) in [5.74, 6) is 0.313. The highest BCUT2D eigenvalue weighted by Gasteiger charge is 2.28. The van der Waals surface area contributed by atoms with E-state index in [1.54, 1.807) is 0 Å². The second-order valence-electron chi connectivity index (χ2n) is 3.19. The van der Waals surface area contributed by atoms with E-state index in [0.717, 1.165) is 25.7 Å². The van der Waals surface area contributed by atoms with Crippen LogP contribution in [-0.4, -0.2) is 19.0 Å². The van der Waals surface area contributed by atoms with Gasteiger partial charge in [0.2, 0.25) is 6.61 Å². The van der Waals surface area contributed by atoms with Gasteiger partial charge in [0.25, 0.3) is 0 Å². The minimum Gasteiger partial charge on any atom is -0.386 e. The van der Waals surface area contributed by atoms with Gasteiger partial charge in [0.05, 0.1) is 0 Å². The molecule has 0 aromatic carbocycles. The van der Waals surface area contributed by atoms with Gasteiger partial charge in [-0.2, -0.15) is 13.2 Å². The summed E-state index contributed by atoms with van der Waals surface area (Å²) in [7, 11) is 0. The van der Waals surface area contributed by atoms with Crippen LogP contribution in [0.1, 0.15) is 25.7 Å². The third-order valence-corrected chi connectivity index (χ3v) is 1.97. The lowest BCUT2D eigenvalue weighted by molar-refractivity contribution is -0.173. The summed E-state index contributed by atoms with van der Waals surface area (Å²) in [5.41, 5.74) is 0. The van der Waals surface area contributed by atoms with Gasteiger partial charge < -0.3 is 4.84 Å². The number of nitrogens with zero attached hydrogens (tertiary/aromatic N) is 1. The van der Waals surface area contributed by atoms with Crippen LogP contribution in [0.2, 0.25) is 0 Å². The molecule has 0 aromatic rings. The van der Waals surface area contributed by atoms with Crippen molar-refractivity contribution in [3.05, 3.63) is 0 Å². The molecule has 0 heterocycles. The molecule has 1 aliphatic rings. The van der Waals surface area contributed by atoms with Gasteiger partial charge in [-0.25, -0.2) is 0 Å². The second kappa shape index (κ2) is 4.48. The normalized spacial score (nSPS) is 19.9. The SMILES string of the molecule is FC(F)(F)CON=CC1CCCC1. The van der Waals surface area contributed by atoms with Crippen LogP contribution in [0.5, 0.6) is 0 Å². The summed E-state index contributed by atoms with van der Waals surface area (Å²) in [6, 6.07) is 0. The van der Waals surface area contributed by atoms with Crippen molar-refractivity contribution in [3.8, 4) is 0 Å². The van der Waals surface area contributed by atoms with E-state index in [9.17, 15) is 13.2 Å². The zero-order valence-corrected chi connectivity index (χ0v) is 7.18. The van der Waals surface area contributed by atoms with Gasteiger partial charge in [-0.3, -0.25) is 0 Å². The van der Waals surface area contributed by atoms with Crippen molar-refractivity contribution < 1.29 is 18.0 Å². The maximum absolute atomic E-state index is 11.6. The van der Waals surface area contributed by atoms with Gasteiger partial charge in [0.15, 0.2) is 0 Å². The summed E-state index contributed by atoms with van der Waals surface area (Å²) in [6.45, 7) is -1.30. The third-order valence-electron chi connectivity index (χ3n) is 1.97. The molecule has 0 atom stereocenters. The van der Waals surface area contributed by atoms with Crippen LogP contribution in [0.3, 0.4) is 0 Å². The number of alkyl halides is 3. The van der Waals surface area contributed by atoms with Gasteiger partial charge in [0.1, 0.15) is 0 Å². The number of rotatable bonds is 3. The Labute approximate surface area is 74.7 Å². The molecule has 0 amide bonds. The second-order valence-corrected chi connectivity index (χ2v) is 3.19. The van der Waals surface area contributed by atoms with E-state index in [4.69, 9.17) is 0 Å². The smallest absolute Gasteiger partial charge is 0.386 e. The molecule has 0 aliphatic heterocycles. The minimum atomic E-state index is -4.28. The highest BCUT2D eigenvalue weighted by molar-refractivity contribution is 5.60. The third kappa shape index (κ3) is 4.75. The molecule has 76 valence electrons. The van der Waals surface area contributed by atoms with Gasteiger partial charge >= 0.3 is 6.18 Å². The van der Waals surface area contributed by atoms with Crippen LogP contribution < -0.4 is 0 Å². The van der Waals surface area contributed by atoms with Crippen LogP contribution in [0.25, 0.3) is 0 Å². The van der Waals surface area contributed by atoms with Crippen molar-refractivity contribution in [2.24, 2.45) is 11.1 Å². The van der Waals surface area contributed by atoms with Crippen molar-refractivity contribution in [1.29, 1.82) is 0 Å². The lowest BCUT2D eigenvalue weighted by Crippen LogP contribution is -2.15. The molecule has 0 saturated heterocycles.